The quantitative estimate of drug-likeness (QED) is 0.634. The number of aromatic nitrogens is 1. The highest BCUT2D eigenvalue weighted by Gasteiger charge is 2.24. The minimum Gasteiger partial charge on any atom is -0.383 e. The van der Waals surface area contributed by atoms with Crippen molar-refractivity contribution in [3.8, 4) is 0 Å². The molecule has 1 atom stereocenters. The minimum absolute atomic E-state index is 0.0164. The third-order valence-electron chi connectivity index (χ3n) is 3.69. The molecule has 1 aliphatic rings. The lowest BCUT2D eigenvalue weighted by Crippen LogP contribution is -2.40. The first-order chi connectivity index (χ1) is 9.99. The van der Waals surface area contributed by atoms with Gasteiger partial charge >= 0.3 is 0 Å². The van der Waals surface area contributed by atoms with Crippen LogP contribution < -0.4 is 11.1 Å². The van der Waals surface area contributed by atoms with E-state index in [-0.39, 0.29) is 23.1 Å². The zero-order valence-corrected chi connectivity index (χ0v) is 11.7. The zero-order chi connectivity index (χ0) is 15.4. The molecule has 3 N–H and O–H groups in total. The van der Waals surface area contributed by atoms with Crippen molar-refractivity contribution in [2.24, 2.45) is 5.92 Å². The molecule has 0 aliphatic carbocycles. The fraction of sp³-hybridized carbons (Fsp3) is 0.538. The first kappa shape index (κ1) is 15.2. The number of nitrogens with two attached hydrogens (primary N) is 1. The zero-order valence-electron chi connectivity index (χ0n) is 11.7. The molecule has 1 unspecified atom stereocenters. The molecule has 1 fully saturated rings. The lowest BCUT2D eigenvalue weighted by molar-refractivity contribution is -0.385. The van der Waals surface area contributed by atoms with Gasteiger partial charge in [-0.2, -0.15) is 0 Å². The molecule has 8 heteroatoms. The number of rotatable bonds is 4. The maximum atomic E-state index is 12.2. The molecule has 114 valence electrons. The Labute approximate surface area is 121 Å². The summed E-state index contributed by atoms with van der Waals surface area (Å²) in [7, 11) is 0. The van der Waals surface area contributed by atoms with E-state index < -0.39 is 10.8 Å². The fourth-order valence-electron chi connectivity index (χ4n) is 2.36. The van der Waals surface area contributed by atoms with E-state index in [0.29, 0.717) is 19.1 Å². The van der Waals surface area contributed by atoms with Crippen molar-refractivity contribution in [1.82, 2.24) is 10.3 Å². The maximum absolute atomic E-state index is 12.2. The second-order valence-corrected chi connectivity index (χ2v) is 5.10. The van der Waals surface area contributed by atoms with Crippen LogP contribution in [0.4, 0.5) is 11.5 Å². The third kappa shape index (κ3) is 3.66. The van der Waals surface area contributed by atoms with E-state index in [2.05, 4.69) is 10.3 Å². The molecule has 0 aromatic carbocycles. The predicted molar refractivity (Wildman–Crippen MR) is 75.8 cm³/mol. The maximum Gasteiger partial charge on any atom is 0.288 e. The monoisotopic (exact) mass is 294 g/mol. The number of carbonyl (C=O) groups excluding carboxylic acids is 1. The molecule has 8 nitrogen and oxygen atoms in total. The van der Waals surface area contributed by atoms with Gasteiger partial charge in [-0.15, -0.1) is 0 Å². The second kappa shape index (κ2) is 6.49. The molecule has 21 heavy (non-hydrogen) atoms. The number of carbonyl (C=O) groups is 1. The van der Waals surface area contributed by atoms with Crippen molar-refractivity contribution in [1.29, 1.82) is 0 Å². The van der Waals surface area contributed by atoms with Gasteiger partial charge in [0.15, 0.2) is 0 Å². The number of hydrogen-bond donors (Lipinski definition) is 2. The number of hydrogen-bond acceptors (Lipinski definition) is 6. The summed E-state index contributed by atoms with van der Waals surface area (Å²) in [5.74, 6) is -0.129. The summed E-state index contributed by atoms with van der Waals surface area (Å²) < 4.78 is 5.28. The Hall–Kier alpha value is -2.22. The van der Waals surface area contributed by atoms with Crippen LogP contribution in [0.2, 0.25) is 0 Å². The van der Waals surface area contributed by atoms with Crippen molar-refractivity contribution in [3.05, 3.63) is 27.9 Å². The molecular weight excluding hydrogens is 276 g/mol. The van der Waals surface area contributed by atoms with Crippen LogP contribution >= 0.6 is 0 Å². The molecule has 0 saturated carbocycles. The van der Waals surface area contributed by atoms with Gasteiger partial charge in [-0.25, -0.2) is 4.98 Å². The van der Waals surface area contributed by atoms with Crippen molar-refractivity contribution in [2.45, 2.75) is 25.8 Å². The summed E-state index contributed by atoms with van der Waals surface area (Å²) in [6.45, 7) is 3.28. The number of nitrogens with one attached hydrogen (secondary N) is 1. The number of nitrogen functional groups attached to an aromatic ring is 1. The topological polar surface area (TPSA) is 120 Å². The molecular formula is C13H18N4O4. The van der Waals surface area contributed by atoms with Crippen LogP contribution in [0.3, 0.4) is 0 Å². The molecule has 0 radical (unpaired) electrons. The van der Waals surface area contributed by atoms with Crippen LogP contribution in [0.15, 0.2) is 12.3 Å². The Bertz CT molecular complexity index is 543. The van der Waals surface area contributed by atoms with Gasteiger partial charge in [-0.3, -0.25) is 14.9 Å². The van der Waals surface area contributed by atoms with Crippen LogP contribution in [-0.2, 0) is 4.74 Å². The van der Waals surface area contributed by atoms with Crippen LogP contribution in [0, 0.1) is 16.0 Å². The van der Waals surface area contributed by atoms with Crippen LogP contribution in [0.1, 0.15) is 30.1 Å². The Morgan fingerprint density at radius 1 is 1.57 bits per heavy atom. The van der Waals surface area contributed by atoms with E-state index >= 15 is 0 Å². The van der Waals surface area contributed by atoms with E-state index in [0.717, 1.165) is 25.1 Å². The number of anilines is 1. The van der Waals surface area contributed by atoms with E-state index in [9.17, 15) is 14.9 Å². The van der Waals surface area contributed by atoms with Gasteiger partial charge in [0.1, 0.15) is 12.0 Å². The average Bonchev–Trinajstić information content (AvgIpc) is 2.48. The molecule has 2 rings (SSSR count). The molecule has 1 aliphatic heterocycles. The summed E-state index contributed by atoms with van der Waals surface area (Å²) in [5, 5.41) is 13.6. The molecule has 0 bridgehead atoms. The number of pyridine rings is 1. The summed E-state index contributed by atoms with van der Waals surface area (Å²) >= 11 is 0. The van der Waals surface area contributed by atoms with E-state index in [1.165, 1.54) is 0 Å². The van der Waals surface area contributed by atoms with Crippen LogP contribution in [0.25, 0.3) is 0 Å². The largest absolute Gasteiger partial charge is 0.383 e. The lowest BCUT2D eigenvalue weighted by Gasteiger charge is -2.28. The number of nitro groups is 1. The summed E-state index contributed by atoms with van der Waals surface area (Å²) in [4.78, 5) is 26.0. The number of nitrogens with zero attached hydrogens (tertiary/aromatic N) is 2. The number of amides is 1. The van der Waals surface area contributed by atoms with Crippen molar-refractivity contribution < 1.29 is 14.5 Å². The fourth-order valence-corrected chi connectivity index (χ4v) is 2.36. The average molecular weight is 294 g/mol. The normalized spacial score (nSPS) is 17.2. The molecule has 1 aromatic rings. The first-order valence-electron chi connectivity index (χ1n) is 6.77. The van der Waals surface area contributed by atoms with Crippen molar-refractivity contribution in [3.63, 3.8) is 0 Å². The molecule has 2 heterocycles. The highest BCUT2D eigenvalue weighted by molar-refractivity contribution is 5.99. The van der Waals surface area contributed by atoms with E-state index in [1.54, 1.807) is 0 Å². The van der Waals surface area contributed by atoms with Gasteiger partial charge in [0.25, 0.3) is 11.6 Å². The summed E-state index contributed by atoms with van der Waals surface area (Å²) in [6, 6.07) is 1.09. The summed E-state index contributed by atoms with van der Waals surface area (Å²) in [5.41, 5.74) is 5.40. The SMILES string of the molecule is CC(NC(=O)c1cc([N+](=O)[O-])cnc1N)C1CCOCC1. The van der Waals surface area contributed by atoms with Gasteiger partial charge < -0.3 is 15.8 Å². The van der Waals surface area contributed by atoms with Crippen LogP contribution in [-0.4, -0.2) is 35.1 Å². The molecule has 1 saturated heterocycles. The Kier molecular flexibility index (Phi) is 4.69. The predicted octanol–water partition coefficient (Wildman–Crippen LogP) is 1.12. The molecule has 0 spiro atoms. The van der Waals surface area contributed by atoms with E-state index in [4.69, 9.17) is 10.5 Å². The molecule has 1 amide bonds. The number of ether oxygens (including phenoxy) is 1. The van der Waals surface area contributed by atoms with Gasteiger partial charge in [0.2, 0.25) is 0 Å². The third-order valence-corrected chi connectivity index (χ3v) is 3.69. The standard InChI is InChI=1S/C13H18N4O4/c1-8(9-2-4-21-5-3-9)16-13(18)11-6-10(17(19)20)7-15-12(11)14/h6-9H,2-5H2,1H3,(H2,14,15)(H,16,18). The van der Waals surface area contributed by atoms with Crippen molar-refractivity contribution in [2.75, 3.05) is 18.9 Å². The van der Waals surface area contributed by atoms with E-state index in [1.807, 2.05) is 6.92 Å². The Balaban J connectivity index is 2.08. The minimum atomic E-state index is -0.606. The van der Waals surface area contributed by atoms with Gasteiger partial charge in [0, 0.05) is 25.3 Å². The van der Waals surface area contributed by atoms with Gasteiger partial charge in [-0.05, 0) is 25.7 Å². The Morgan fingerprint density at radius 2 is 2.24 bits per heavy atom. The van der Waals surface area contributed by atoms with Gasteiger partial charge in [0.05, 0.1) is 10.5 Å². The van der Waals surface area contributed by atoms with Crippen LogP contribution in [0.5, 0.6) is 0 Å². The summed E-state index contributed by atoms with van der Waals surface area (Å²) in [6.07, 6.45) is 2.79. The van der Waals surface area contributed by atoms with Crippen molar-refractivity contribution >= 4 is 17.4 Å². The Morgan fingerprint density at radius 3 is 2.86 bits per heavy atom. The first-order valence-corrected chi connectivity index (χ1v) is 6.77. The lowest BCUT2D eigenvalue weighted by atomic mass is 9.93. The highest BCUT2D eigenvalue weighted by Crippen LogP contribution is 2.20. The highest BCUT2D eigenvalue weighted by atomic mass is 16.6. The second-order valence-electron chi connectivity index (χ2n) is 5.10. The smallest absolute Gasteiger partial charge is 0.288 e. The molecule has 1 aromatic heterocycles. The van der Waals surface area contributed by atoms with Gasteiger partial charge in [-0.1, -0.05) is 0 Å².